The Hall–Kier alpha value is -1.20. The van der Waals surface area contributed by atoms with E-state index in [1.165, 1.54) is 6.07 Å². The second-order valence-electron chi connectivity index (χ2n) is 3.73. The van der Waals surface area contributed by atoms with E-state index in [0.29, 0.717) is 0 Å². The highest BCUT2D eigenvalue weighted by Crippen LogP contribution is 2.17. The van der Waals surface area contributed by atoms with E-state index in [0.717, 1.165) is 11.8 Å². The third kappa shape index (κ3) is 2.90. The summed E-state index contributed by atoms with van der Waals surface area (Å²) >= 11 is 0. The number of benzene rings is 1. The van der Waals surface area contributed by atoms with Gasteiger partial charge in [0.15, 0.2) is 15.6 Å². The molecule has 0 unspecified atom stereocenters. The number of rotatable bonds is 4. The molecular formula is C11H15NO3S. The molecule has 0 amide bonds. The van der Waals surface area contributed by atoms with Crippen LogP contribution in [-0.4, -0.2) is 34.0 Å². The Bertz CT molecular complexity index is 506. The van der Waals surface area contributed by atoms with Gasteiger partial charge in [0.05, 0.1) is 11.4 Å². The van der Waals surface area contributed by atoms with Crippen LogP contribution < -0.4 is 5.32 Å². The van der Waals surface area contributed by atoms with Crippen molar-refractivity contribution in [1.82, 2.24) is 5.32 Å². The van der Waals surface area contributed by atoms with Crippen LogP contribution in [0.25, 0.3) is 0 Å². The number of carbonyl (C=O) groups is 1. The molecular weight excluding hydrogens is 226 g/mol. The summed E-state index contributed by atoms with van der Waals surface area (Å²) in [5, 5.41) is 2.71. The van der Waals surface area contributed by atoms with Crippen molar-refractivity contribution in [3.05, 3.63) is 29.3 Å². The number of aryl methyl sites for hydroxylation is 1. The fraction of sp³-hybridized carbons (Fsp3) is 0.364. The van der Waals surface area contributed by atoms with Gasteiger partial charge in [-0.2, -0.15) is 0 Å². The van der Waals surface area contributed by atoms with E-state index in [1.54, 1.807) is 26.1 Å². The smallest absolute Gasteiger partial charge is 0.177 e. The van der Waals surface area contributed by atoms with Crippen molar-refractivity contribution in [2.75, 3.05) is 19.8 Å². The summed E-state index contributed by atoms with van der Waals surface area (Å²) in [6, 6.07) is 4.82. The number of Topliss-reactive ketones (excluding diaryl/α,β-unsaturated/α-hetero) is 1. The molecule has 0 saturated carbocycles. The lowest BCUT2D eigenvalue weighted by atomic mass is 10.1. The Morgan fingerprint density at radius 2 is 2.00 bits per heavy atom. The third-order valence-electron chi connectivity index (χ3n) is 2.17. The lowest BCUT2D eigenvalue weighted by molar-refractivity contribution is 0.0990. The van der Waals surface area contributed by atoms with Crippen LogP contribution in [-0.2, 0) is 9.84 Å². The van der Waals surface area contributed by atoms with E-state index in [1.807, 2.05) is 0 Å². The number of nitrogens with one attached hydrogen (secondary N) is 1. The largest absolute Gasteiger partial charge is 0.313 e. The Labute approximate surface area is 95.6 Å². The summed E-state index contributed by atoms with van der Waals surface area (Å²) in [5.74, 6) is -0.220. The topological polar surface area (TPSA) is 63.2 Å². The minimum absolute atomic E-state index is 0.104. The van der Waals surface area contributed by atoms with E-state index >= 15 is 0 Å². The molecule has 0 aromatic heterocycles. The van der Waals surface area contributed by atoms with E-state index in [4.69, 9.17) is 0 Å². The summed E-state index contributed by atoms with van der Waals surface area (Å²) < 4.78 is 23.1. The molecule has 88 valence electrons. The second-order valence-corrected chi connectivity index (χ2v) is 5.71. The summed E-state index contributed by atoms with van der Waals surface area (Å²) in [6.07, 6.45) is 1.11. The average Bonchev–Trinajstić information content (AvgIpc) is 2.16. The molecule has 0 aliphatic heterocycles. The van der Waals surface area contributed by atoms with Gasteiger partial charge >= 0.3 is 0 Å². The molecule has 0 radical (unpaired) electrons. The molecule has 0 heterocycles. The van der Waals surface area contributed by atoms with Crippen molar-refractivity contribution < 1.29 is 13.2 Å². The number of ketones is 1. The predicted molar refractivity (Wildman–Crippen MR) is 62.5 cm³/mol. The second kappa shape index (κ2) is 4.76. The van der Waals surface area contributed by atoms with Gasteiger partial charge in [0.25, 0.3) is 0 Å². The van der Waals surface area contributed by atoms with Gasteiger partial charge in [0.2, 0.25) is 0 Å². The van der Waals surface area contributed by atoms with Crippen LogP contribution in [0.5, 0.6) is 0 Å². The molecule has 1 N–H and O–H groups in total. The standard InChI is InChI=1S/C11H15NO3S/c1-8-4-5-9(10(13)7-12-2)11(6-8)16(3,14)15/h4-6,12H,7H2,1-3H3. The van der Waals surface area contributed by atoms with Gasteiger partial charge in [0.1, 0.15) is 0 Å². The Balaban J connectivity index is 3.35. The first-order chi connectivity index (χ1) is 7.36. The quantitative estimate of drug-likeness (QED) is 0.792. The summed E-state index contributed by atoms with van der Waals surface area (Å²) in [6.45, 7) is 1.92. The molecule has 0 saturated heterocycles. The highest BCUT2D eigenvalue weighted by molar-refractivity contribution is 7.90. The first-order valence-electron chi connectivity index (χ1n) is 4.84. The van der Waals surface area contributed by atoms with Crippen molar-refractivity contribution in [2.24, 2.45) is 0 Å². The normalized spacial score (nSPS) is 11.4. The molecule has 4 nitrogen and oxygen atoms in total. The Morgan fingerprint density at radius 3 is 2.50 bits per heavy atom. The minimum atomic E-state index is -3.37. The maximum Gasteiger partial charge on any atom is 0.177 e. The summed E-state index contributed by atoms with van der Waals surface area (Å²) in [4.78, 5) is 11.8. The van der Waals surface area contributed by atoms with Crippen molar-refractivity contribution in [3.63, 3.8) is 0 Å². The lowest BCUT2D eigenvalue weighted by Gasteiger charge is -2.07. The number of likely N-dealkylation sites (N-methyl/N-ethyl adjacent to an activating group) is 1. The monoisotopic (exact) mass is 241 g/mol. The van der Waals surface area contributed by atoms with Crippen LogP contribution in [0.15, 0.2) is 23.1 Å². The molecule has 1 aromatic rings. The highest BCUT2D eigenvalue weighted by atomic mass is 32.2. The SMILES string of the molecule is CNCC(=O)c1ccc(C)cc1S(C)(=O)=O. The van der Waals surface area contributed by atoms with E-state index in [-0.39, 0.29) is 22.8 Å². The maximum atomic E-state index is 11.7. The summed E-state index contributed by atoms with van der Waals surface area (Å²) in [5.41, 5.74) is 1.07. The van der Waals surface area contributed by atoms with Gasteiger partial charge in [-0.05, 0) is 31.7 Å². The van der Waals surface area contributed by atoms with Crippen molar-refractivity contribution in [1.29, 1.82) is 0 Å². The molecule has 1 aromatic carbocycles. The maximum absolute atomic E-state index is 11.7. The van der Waals surface area contributed by atoms with Crippen molar-refractivity contribution in [2.45, 2.75) is 11.8 Å². The van der Waals surface area contributed by atoms with Crippen LogP contribution >= 0.6 is 0 Å². The molecule has 1 rings (SSSR count). The number of hydrogen-bond donors (Lipinski definition) is 1. The van der Waals surface area contributed by atoms with Crippen LogP contribution in [0, 0.1) is 6.92 Å². The van der Waals surface area contributed by atoms with Gasteiger partial charge in [0, 0.05) is 11.8 Å². The fourth-order valence-electron chi connectivity index (χ4n) is 1.42. The van der Waals surface area contributed by atoms with E-state index in [9.17, 15) is 13.2 Å². The predicted octanol–water partition coefficient (Wildman–Crippen LogP) is 0.801. The molecule has 0 fully saturated rings. The number of sulfone groups is 1. The van der Waals surface area contributed by atoms with Gasteiger partial charge < -0.3 is 5.32 Å². The van der Waals surface area contributed by atoms with Crippen molar-refractivity contribution >= 4 is 15.6 Å². The first kappa shape index (κ1) is 12.9. The molecule has 0 aliphatic carbocycles. The Kier molecular flexibility index (Phi) is 3.83. The van der Waals surface area contributed by atoms with Gasteiger partial charge in [-0.1, -0.05) is 6.07 Å². The van der Waals surface area contributed by atoms with Crippen LogP contribution in [0.1, 0.15) is 15.9 Å². The zero-order valence-corrected chi connectivity index (χ0v) is 10.4. The lowest BCUT2D eigenvalue weighted by Crippen LogP contribution is -2.20. The first-order valence-corrected chi connectivity index (χ1v) is 6.74. The molecule has 0 bridgehead atoms. The summed E-state index contributed by atoms with van der Waals surface area (Å²) in [7, 11) is -1.72. The molecule has 0 spiro atoms. The van der Waals surface area contributed by atoms with Crippen LogP contribution in [0.3, 0.4) is 0 Å². The van der Waals surface area contributed by atoms with Crippen LogP contribution in [0.4, 0.5) is 0 Å². The molecule has 5 heteroatoms. The number of hydrogen-bond acceptors (Lipinski definition) is 4. The molecule has 16 heavy (non-hydrogen) atoms. The number of carbonyl (C=O) groups excluding carboxylic acids is 1. The minimum Gasteiger partial charge on any atom is -0.313 e. The average molecular weight is 241 g/mol. The highest BCUT2D eigenvalue weighted by Gasteiger charge is 2.18. The molecule has 0 atom stereocenters. The van der Waals surface area contributed by atoms with E-state index < -0.39 is 9.84 Å². The zero-order chi connectivity index (χ0) is 12.3. The third-order valence-corrected chi connectivity index (χ3v) is 3.31. The fourth-order valence-corrected chi connectivity index (χ4v) is 2.40. The van der Waals surface area contributed by atoms with Crippen LogP contribution in [0.2, 0.25) is 0 Å². The molecule has 0 aliphatic rings. The van der Waals surface area contributed by atoms with Gasteiger partial charge in [-0.15, -0.1) is 0 Å². The van der Waals surface area contributed by atoms with E-state index in [2.05, 4.69) is 5.32 Å². The van der Waals surface area contributed by atoms with Crippen molar-refractivity contribution in [3.8, 4) is 0 Å². The van der Waals surface area contributed by atoms with Gasteiger partial charge in [-0.3, -0.25) is 4.79 Å². The van der Waals surface area contributed by atoms with Gasteiger partial charge in [-0.25, -0.2) is 8.42 Å². The zero-order valence-electron chi connectivity index (χ0n) is 9.57. The Morgan fingerprint density at radius 1 is 1.38 bits per heavy atom.